The van der Waals surface area contributed by atoms with Crippen molar-refractivity contribution < 1.29 is 14.3 Å². The molecule has 0 aromatic heterocycles. The van der Waals surface area contributed by atoms with Crippen molar-refractivity contribution in [2.75, 3.05) is 9.80 Å². The smallest absolute Gasteiger partial charge is 0.264 e. The van der Waals surface area contributed by atoms with Gasteiger partial charge in [-0.3, -0.25) is 19.4 Å². The highest BCUT2D eigenvalue weighted by Crippen LogP contribution is 2.45. The highest BCUT2D eigenvalue weighted by molar-refractivity contribution is 6.41. The average molecular weight is 555 g/mol. The maximum atomic E-state index is 13.6. The molecule has 0 saturated heterocycles. The van der Waals surface area contributed by atoms with Gasteiger partial charge in [0.2, 0.25) is 0 Å². The van der Waals surface area contributed by atoms with Crippen LogP contribution in [0.1, 0.15) is 31.8 Å². The van der Waals surface area contributed by atoms with Gasteiger partial charge in [0.15, 0.2) is 0 Å². The maximum Gasteiger partial charge on any atom is 0.264 e. The number of anilines is 2. The number of carbonyl (C=O) groups is 2. The molecule has 6 aromatic rings. The van der Waals surface area contributed by atoms with Gasteiger partial charge in [0.25, 0.3) is 11.8 Å². The van der Waals surface area contributed by atoms with Crippen molar-refractivity contribution in [1.82, 2.24) is 0 Å². The van der Waals surface area contributed by atoms with Crippen molar-refractivity contribution in [2.24, 2.45) is 9.98 Å². The zero-order chi connectivity index (χ0) is 28.4. The highest BCUT2D eigenvalue weighted by atomic mass is 16.5. The summed E-state index contributed by atoms with van der Waals surface area (Å²) in [6.45, 7) is 0. The molecule has 0 radical (unpaired) electrons. The van der Waals surface area contributed by atoms with Gasteiger partial charge in [0.05, 0.1) is 33.9 Å². The molecule has 4 heterocycles. The Morgan fingerprint density at radius 1 is 0.488 bits per heavy atom. The molecule has 4 aliphatic rings. The Morgan fingerprint density at radius 3 is 1.40 bits per heavy atom. The van der Waals surface area contributed by atoms with Crippen molar-refractivity contribution >= 4 is 67.8 Å². The van der Waals surface area contributed by atoms with Gasteiger partial charge >= 0.3 is 0 Å². The van der Waals surface area contributed by atoms with Gasteiger partial charge in [0, 0.05) is 21.9 Å². The SMILES string of the molecule is O=C1c2ccc(Oc3ccc4c(c3)C3=Nc5cccc6cccc(c56)N3C4=O)cc2C2=Nc3cccc4cccc(c34)N12. The van der Waals surface area contributed by atoms with E-state index < -0.39 is 0 Å². The molecule has 7 nitrogen and oxygen atoms in total. The monoisotopic (exact) mass is 554 g/mol. The predicted octanol–water partition coefficient (Wildman–Crippen LogP) is 7.89. The summed E-state index contributed by atoms with van der Waals surface area (Å²) in [4.78, 5) is 40.3. The van der Waals surface area contributed by atoms with E-state index >= 15 is 0 Å². The van der Waals surface area contributed by atoms with E-state index in [0.29, 0.717) is 34.3 Å². The third-order valence-corrected chi connectivity index (χ3v) is 8.65. The van der Waals surface area contributed by atoms with Crippen LogP contribution in [0.25, 0.3) is 21.5 Å². The molecule has 2 amide bonds. The van der Waals surface area contributed by atoms with Crippen molar-refractivity contribution in [3.8, 4) is 11.5 Å². The van der Waals surface area contributed by atoms with Crippen LogP contribution in [0.2, 0.25) is 0 Å². The van der Waals surface area contributed by atoms with Crippen LogP contribution in [0.15, 0.2) is 119 Å². The van der Waals surface area contributed by atoms with Crippen LogP contribution in [0.4, 0.5) is 22.7 Å². The number of amidine groups is 2. The number of nitrogens with zero attached hydrogens (tertiary/aromatic N) is 4. The Bertz CT molecular complexity index is 2210. The van der Waals surface area contributed by atoms with Gasteiger partial charge in [-0.2, -0.15) is 0 Å². The Kier molecular flexibility index (Phi) is 4.10. The van der Waals surface area contributed by atoms with Crippen LogP contribution in [0, 0.1) is 0 Å². The standard InChI is InChI=1S/C36H18N4O3/c41-35-23-15-13-21(17-25(23)33-37-27-9-1-5-19-7-3-11-29(31(19)27)39(33)35)43-22-14-16-24-26(18-22)34-38-28-10-2-6-20-8-4-12-30(32(20)28)40(34)36(24)42/h1-18H. The number of rotatable bonds is 2. The number of carbonyl (C=O) groups excluding carboxylic acids is 2. The largest absolute Gasteiger partial charge is 0.457 e. The first kappa shape index (κ1) is 22.6. The molecule has 0 fully saturated rings. The van der Waals surface area contributed by atoms with E-state index in [1.54, 1.807) is 34.1 Å². The summed E-state index contributed by atoms with van der Waals surface area (Å²) >= 11 is 0. The van der Waals surface area contributed by atoms with Gasteiger partial charge in [-0.25, -0.2) is 9.98 Å². The second-order valence-electron chi connectivity index (χ2n) is 11.0. The maximum absolute atomic E-state index is 13.6. The minimum atomic E-state index is -0.107. The lowest BCUT2D eigenvalue weighted by Gasteiger charge is -2.24. The second kappa shape index (κ2) is 7.80. The summed E-state index contributed by atoms with van der Waals surface area (Å²) in [6.07, 6.45) is 0. The summed E-state index contributed by atoms with van der Waals surface area (Å²) in [5, 5.41) is 4.03. The molecule has 0 N–H and O–H groups in total. The number of fused-ring (bicyclic) bond motifs is 8. The minimum Gasteiger partial charge on any atom is -0.457 e. The van der Waals surface area contributed by atoms with Crippen LogP contribution in [-0.2, 0) is 0 Å². The molecule has 4 aliphatic heterocycles. The molecule has 6 aromatic carbocycles. The molecule has 200 valence electrons. The third kappa shape index (κ3) is 2.87. The zero-order valence-corrected chi connectivity index (χ0v) is 22.4. The summed E-state index contributed by atoms with van der Waals surface area (Å²) < 4.78 is 6.34. The van der Waals surface area contributed by atoms with Crippen LogP contribution in [0.5, 0.6) is 11.5 Å². The first-order valence-corrected chi connectivity index (χ1v) is 14.0. The highest BCUT2D eigenvalue weighted by Gasteiger charge is 2.40. The van der Waals surface area contributed by atoms with E-state index in [2.05, 4.69) is 0 Å². The normalized spacial score (nSPS) is 15.3. The Balaban J connectivity index is 1.05. The fourth-order valence-corrected chi connectivity index (χ4v) is 6.79. The second-order valence-corrected chi connectivity index (χ2v) is 11.0. The topological polar surface area (TPSA) is 74.6 Å². The first-order chi connectivity index (χ1) is 21.1. The molecule has 10 rings (SSSR count). The van der Waals surface area contributed by atoms with Gasteiger partial charge in [-0.15, -0.1) is 0 Å². The van der Waals surface area contributed by atoms with E-state index in [1.807, 2.05) is 84.9 Å². The molecular formula is C36H18N4O3. The van der Waals surface area contributed by atoms with Crippen molar-refractivity contribution in [3.63, 3.8) is 0 Å². The predicted molar refractivity (Wildman–Crippen MR) is 167 cm³/mol. The number of benzene rings is 6. The van der Waals surface area contributed by atoms with E-state index in [0.717, 1.165) is 55.4 Å². The molecule has 0 saturated carbocycles. The Morgan fingerprint density at radius 2 is 0.930 bits per heavy atom. The molecule has 0 spiro atoms. The van der Waals surface area contributed by atoms with Crippen molar-refractivity contribution in [2.45, 2.75) is 0 Å². The average Bonchev–Trinajstić information content (AvgIpc) is 3.47. The lowest BCUT2D eigenvalue weighted by molar-refractivity contribution is 0.0999. The van der Waals surface area contributed by atoms with Gasteiger partial charge in [-0.05, 0) is 71.4 Å². The number of hydrogen-bond acceptors (Lipinski definition) is 5. The number of hydrogen-bond donors (Lipinski definition) is 0. The van der Waals surface area contributed by atoms with E-state index in [-0.39, 0.29) is 11.8 Å². The Hall–Kier alpha value is -6.08. The van der Waals surface area contributed by atoms with Crippen LogP contribution < -0.4 is 14.5 Å². The van der Waals surface area contributed by atoms with Crippen LogP contribution in [0.3, 0.4) is 0 Å². The fraction of sp³-hybridized carbons (Fsp3) is 0. The summed E-state index contributed by atoms with van der Waals surface area (Å²) in [7, 11) is 0. The fourth-order valence-electron chi connectivity index (χ4n) is 6.79. The molecule has 0 unspecified atom stereocenters. The number of aliphatic imine (C=N–C) groups is 2. The summed E-state index contributed by atoms with van der Waals surface area (Å²) in [5.74, 6) is 2.10. The zero-order valence-electron chi connectivity index (χ0n) is 22.4. The molecule has 43 heavy (non-hydrogen) atoms. The molecule has 0 bridgehead atoms. The van der Waals surface area contributed by atoms with E-state index in [9.17, 15) is 9.59 Å². The van der Waals surface area contributed by atoms with E-state index in [1.165, 1.54) is 0 Å². The lowest BCUT2D eigenvalue weighted by atomic mass is 10.0. The van der Waals surface area contributed by atoms with Gasteiger partial charge in [0.1, 0.15) is 23.2 Å². The summed E-state index contributed by atoms with van der Waals surface area (Å²) in [6, 6.07) is 34.8. The minimum absolute atomic E-state index is 0.107. The lowest BCUT2D eigenvalue weighted by Crippen LogP contribution is -2.31. The molecular weight excluding hydrogens is 536 g/mol. The number of amides is 2. The molecule has 0 atom stereocenters. The Labute approximate surface area is 244 Å². The van der Waals surface area contributed by atoms with E-state index in [4.69, 9.17) is 14.7 Å². The third-order valence-electron chi connectivity index (χ3n) is 8.65. The van der Waals surface area contributed by atoms with Crippen molar-refractivity contribution in [3.05, 3.63) is 131 Å². The summed E-state index contributed by atoms with van der Waals surface area (Å²) in [5.41, 5.74) is 5.94. The molecule has 7 heteroatoms. The van der Waals surface area contributed by atoms with Crippen LogP contribution in [-0.4, -0.2) is 23.5 Å². The first-order valence-electron chi connectivity index (χ1n) is 14.0. The van der Waals surface area contributed by atoms with Crippen molar-refractivity contribution in [1.29, 1.82) is 0 Å². The van der Waals surface area contributed by atoms with Gasteiger partial charge in [-0.1, -0.05) is 48.5 Å². The van der Waals surface area contributed by atoms with Gasteiger partial charge < -0.3 is 4.74 Å². The number of ether oxygens (including phenoxy) is 1. The molecule has 0 aliphatic carbocycles. The quantitative estimate of drug-likeness (QED) is 0.218. The van der Waals surface area contributed by atoms with Crippen LogP contribution >= 0.6 is 0 Å².